The summed E-state index contributed by atoms with van der Waals surface area (Å²) in [4.78, 5) is 0. The molecule has 0 heteroatoms. The smallest absolute Gasteiger partial charge is 0.0323 e. The molecular weight excluding hydrogens is 1210 g/mol. The third kappa shape index (κ3) is 50.4. The van der Waals surface area contributed by atoms with Crippen LogP contribution in [0.5, 0.6) is 0 Å². The Morgan fingerprint density at radius 2 is 0.267 bits per heavy atom. The highest BCUT2D eigenvalue weighted by Crippen LogP contribution is 2.67. The fourth-order valence-electron chi connectivity index (χ4n) is 21.1. The first-order chi connectivity index (χ1) is 50.3. The maximum atomic E-state index is 2.00. The lowest BCUT2D eigenvalue weighted by Gasteiger charge is -2.51. The first kappa shape index (κ1) is 105. The van der Waals surface area contributed by atoms with Crippen molar-refractivity contribution in [2.75, 3.05) is 0 Å². The van der Waals surface area contributed by atoms with E-state index in [1.165, 1.54) is 360 Å². The van der Waals surface area contributed by atoms with Crippen LogP contribution in [0.2, 0.25) is 0 Å². The number of fused-ring (bicyclic) bond motifs is 16. The normalized spacial score (nSPS) is 31.5. The summed E-state index contributed by atoms with van der Waals surface area (Å²) < 4.78 is 0. The molecule has 0 aromatic carbocycles. The van der Waals surface area contributed by atoms with Crippen molar-refractivity contribution in [1.82, 2.24) is 0 Å². The summed E-state index contributed by atoms with van der Waals surface area (Å²) in [7, 11) is 0. The zero-order valence-corrected chi connectivity index (χ0v) is 75.5. The van der Waals surface area contributed by atoms with Crippen LogP contribution in [0.25, 0.3) is 0 Å². The molecule has 10 atom stereocenters. The highest BCUT2D eigenvalue weighted by Gasteiger charge is 2.59. The summed E-state index contributed by atoms with van der Waals surface area (Å²) in [5.41, 5.74) is 0. The average molecular weight is 1420 g/mol. The highest BCUT2D eigenvalue weighted by molar-refractivity contribution is 5.08. The molecule has 17 aliphatic carbocycles. The Kier molecular flexibility index (Phi) is 85.9. The first-order valence-electron chi connectivity index (χ1n) is 50.3. The van der Waals surface area contributed by atoms with Crippen LogP contribution in [0.4, 0.5) is 0 Å². The van der Waals surface area contributed by atoms with Crippen molar-refractivity contribution in [2.45, 2.75) is 569 Å². The zero-order valence-electron chi connectivity index (χ0n) is 75.5. The molecule has 0 aromatic rings. The quantitative estimate of drug-likeness (QED) is 0.168. The summed E-state index contributed by atoms with van der Waals surface area (Å²) in [6.07, 6.45) is 103. The molecule has 6 bridgehead atoms. The lowest BCUT2D eigenvalue weighted by Crippen LogP contribution is -2.43. The van der Waals surface area contributed by atoms with Gasteiger partial charge in [0.25, 0.3) is 0 Å². The van der Waals surface area contributed by atoms with Crippen molar-refractivity contribution in [3.8, 4) is 0 Å². The lowest BCUT2D eigenvalue weighted by atomic mass is 9.54. The van der Waals surface area contributed by atoms with Crippen molar-refractivity contribution in [3.63, 3.8) is 0 Å². The minimum Gasteiger partial charge on any atom is -0.0683 e. The predicted molar refractivity (Wildman–Crippen MR) is 472 cm³/mol. The van der Waals surface area contributed by atoms with Crippen LogP contribution in [0, 0.1) is 82.9 Å². The third-order valence-electron chi connectivity index (χ3n) is 26.2. The predicted octanol–water partition coefficient (Wildman–Crippen LogP) is 38.1. The molecule has 0 radical (unpaired) electrons. The summed E-state index contributed by atoms with van der Waals surface area (Å²) in [5, 5.41) is 0. The van der Waals surface area contributed by atoms with Gasteiger partial charge in [0, 0.05) is 0 Å². The second-order valence-electron chi connectivity index (χ2n) is 32.4. The van der Waals surface area contributed by atoms with E-state index in [0.717, 1.165) is 11.8 Å². The molecule has 612 valence electrons. The van der Waals surface area contributed by atoms with Crippen LogP contribution in [-0.4, -0.2) is 0 Å². The van der Waals surface area contributed by atoms with Gasteiger partial charge in [0.1, 0.15) is 0 Å². The maximum Gasteiger partial charge on any atom is -0.0323 e. The van der Waals surface area contributed by atoms with E-state index in [-0.39, 0.29) is 0 Å². The summed E-state index contributed by atoms with van der Waals surface area (Å²) in [6, 6.07) is 0. The lowest BCUT2D eigenvalue weighted by molar-refractivity contribution is -0.0184. The molecule has 0 aromatic heterocycles. The number of rotatable bonds is 0. The largest absolute Gasteiger partial charge is 0.0683 e. The molecule has 0 aliphatic heterocycles. The van der Waals surface area contributed by atoms with E-state index in [1.807, 2.05) is 138 Å². The Morgan fingerprint density at radius 3 is 0.446 bits per heavy atom. The van der Waals surface area contributed by atoms with Gasteiger partial charge in [-0.3, -0.25) is 0 Å². The molecule has 17 aliphatic rings. The van der Waals surface area contributed by atoms with Gasteiger partial charge in [-0.2, -0.15) is 0 Å². The van der Waals surface area contributed by atoms with Gasteiger partial charge in [0.2, 0.25) is 0 Å². The van der Waals surface area contributed by atoms with Gasteiger partial charge in [-0.25, -0.2) is 0 Å². The van der Waals surface area contributed by atoms with Crippen molar-refractivity contribution in [1.29, 1.82) is 0 Å². The van der Waals surface area contributed by atoms with Crippen LogP contribution in [-0.2, 0) is 0 Å². The number of hydrogen-bond donors (Lipinski definition) is 0. The van der Waals surface area contributed by atoms with Gasteiger partial charge < -0.3 is 0 Å². The third-order valence-corrected chi connectivity index (χ3v) is 26.2. The second kappa shape index (κ2) is 82.5. The molecular formula is C101H208. The molecule has 0 spiro atoms. The molecule has 17 saturated carbocycles. The van der Waals surface area contributed by atoms with Crippen LogP contribution in [0.3, 0.4) is 0 Å². The molecule has 0 heterocycles. The zero-order chi connectivity index (χ0) is 75.5. The van der Waals surface area contributed by atoms with Crippen LogP contribution >= 0.6 is 0 Å². The van der Waals surface area contributed by atoms with Crippen molar-refractivity contribution < 1.29 is 0 Å². The van der Waals surface area contributed by atoms with Gasteiger partial charge in [0.15, 0.2) is 0 Å². The minimum atomic E-state index is 1.16. The van der Waals surface area contributed by atoms with E-state index in [0.29, 0.717) is 0 Å². The molecule has 10 unspecified atom stereocenters. The molecule has 17 fully saturated rings. The van der Waals surface area contributed by atoms with Gasteiger partial charge in [-0.1, -0.05) is 485 Å². The monoisotopic (exact) mass is 1420 g/mol. The van der Waals surface area contributed by atoms with E-state index in [1.54, 1.807) is 141 Å². The van der Waals surface area contributed by atoms with Gasteiger partial charge >= 0.3 is 0 Å². The van der Waals surface area contributed by atoms with Gasteiger partial charge in [-0.05, 0) is 166 Å². The molecule has 101 heavy (non-hydrogen) atoms. The van der Waals surface area contributed by atoms with E-state index in [4.69, 9.17) is 0 Å². The Balaban J connectivity index is -0.00000105. The maximum absolute atomic E-state index is 2.00. The highest BCUT2D eigenvalue weighted by atomic mass is 14.6. The SMILES string of the molecule is C1CC1.C1CC2CC1C1C3CCC(C3)C21.C1CC2CCC1C2.C1CCC1.C1CCC2C(C1)CCC1C3CCCC3CCC21.C1CCCC1.C1CCCCC1.C1CCCCCC1.C1CCCCCCC1.C1CCCCCCCCCCC1.CC.CC.CC.CC.CC.CC.CC.CC.CC.CC. The topological polar surface area (TPSA) is 0 Å². The van der Waals surface area contributed by atoms with Crippen LogP contribution < -0.4 is 0 Å². The van der Waals surface area contributed by atoms with Crippen LogP contribution in [0.1, 0.15) is 569 Å². The van der Waals surface area contributed by atoms with Crippen LogP contribution in [0.15, 0.2) is 0 Å². The number of hydrogen-bond acceptors (Lipinski definition) is 0. The Morgan fingerprint density at radius 1 is 0.109 bits per heavy atom. The van der Waals surface area contributed by atoms with E-state index in [9.17, 15) is 0 Å². The van der Waals surface area contributed by atoms with Crippen molar-refractivity contribution in [2.24, 2.45) is 82.9 Å². The van der Waals surface area contributed by atoms with E-state index < -0.39 is 0 Å². The Bertz CT molecular complexity index is 1290. The fraction of sp³-hybridized carbons (Fsp3) is 1.00. The molecule has 0 amide bonds. The molecule has 17 rings (SSSR count). The average Bonchev–Trinajstić information content (AvgIpc) is 1.57. The van der Waals surface area contributed by atoms with Gasteiger partial charge in [-0.15, -0.1) is 0 Å². The molecule has 0 saturated heterocycles. The van der Waals surface area contributed by atoms with E-state index in [2.05, 4.69) is 0 Å². The first-order valence-corrected chi connectivity index (χ1v) is 50.3. The molecule has 0 nitrogen and oxygen atoms in total. The standard InChI is InChI=1S/C17H28.C12H18.C12H24.C8H16.C7H12.C7H14.C6H12.C5H10.C4H8.C3H6.10C2H6/c1-2-6-14-12(4-1)8-10-17-15-7-3-5-13(15)9-11-16(14)17;1-2-8-5-7(1)11-9-3-4-10(6-9)12(8)11;1-2-4-6-8-10-12-11-9-7-5-3-1;1-2-4-6-8-7-5-3-1;1-2-7-4-3-6(1)5-7;1-2-4-6-7-5-3-1;1-2-4-6-5-3-1;1-2-4-5-3-1;1-2-4-3-1;1-2-3-1;10*1-2/h12-17H,1-11H2;7-12H,1-6H2;1-12H2;1-8H2;6-7H,1-5H2;1-7H2;1-6H2;1-5H2;1-4H2;1-3H2;10*1-2H3. The van der Waals surface area contributed by atoms with Gasteiger partial charge in [0.05, 0.1) is 0 Å². The van der Waals surface area contributed by atoms with E-state index >= 15 is 0 Å². The van der Waals surface area contributed by atoms with Crippen molar-refractivity contribution in [3.05, 3.63) is 0 Å². The minimum absolute atomic E-state index is 1.16. The second-order valence-corrected chi connectivity index (χ2v) is 32.4. The summed E-state index contributed by atoms with van der Waals surface area (Å²) >= 11 is 0. The summed E-state index contributed by atoms with van der Waals surface area (Å²) in [5.74, 6) is 16.7. The van der Waals surface area contributed by atoms with Crippen molar-refractivity contribution >= 4 is 0 Å². The Hall–Kier alpha value is 0. The Labute approximate surface area is 647 Å². The summed E-state index contributed by atoms with van der Waals surface area (Å²) in [6.45, 7) is 40.0. The fourth-order valence-corrected chi connectivity index (χ4v) is 21.1. The molecule has 0 N–H and O–H groups in total.